The molecule has 1 amide bonds. The molecule has 1 aromatic heterocycles. The number of hydrogen-bond donors (Lipinski definition) is 2. The number of carbonyl (C=O) groups excluding carboxylic acids is 1. The topological polar surface area (TPSA) is 78.9 Å². The molecule has 7 nitrogen and oxygen atoms in total. The number of guanidine groups is 1. The highest BCUT2D eigenvalue weighted by Crippen LogP contribution is 2.13. The smallest absolute Gasteiger partial charge is 0.410 e. The van der Waals surface area contributed by atoms with Crippen molar-refractivity contribution >= 4 is 12.1 Å². The summed E-state index contributed by atoms with van der Waals surface area (Å²) in [5, 5.41) is 6.07. The Labute approximate surface area is 187 Å². The standard InChI is InChI=1S/C23H31F2N5O2/c1-23(2,3)32-22(31)30(16-17-7-5-10-27-14-17)12-6-11-28-21(26-4)29-15-18-13-19(24)8-9-20(18)25/h5,7-10,13-14H,6,11-12,15-16H2,1-4H3,(H2,26,28,29). The fourth-order valence-electron chi connectivity index (χ4n) is 2.83. The van der Waals surface area contributed by atoms with Gasteiger partial charge >= 0.3 is 6.09 Å². The molecule has 0 aliphatic rings. The fourth-order valence-corrected chi connectivity index (χ4v) is 2.83. The van der Waals surface area contributed by atoms with Crippen LogP contribution in [-0.2, 0) is 17.8 Å². The second-order valence-electron chi connectivity index (χ2n) is 8.20. The maximum absolute atomic E-state index is 13.8. The number of aliphatic imine (C=N–C) groups is 1. The third kappa shape index (κ3) is 8.87. The van der Waals surface area contributed by atoms with Gasteiger partial charge in [0.05, 0.1) is 6.54 Å². The second-order valence-corrected chi connectivity index (χ2v) is 8.20. The molecule has 0 unspecified atom stereocenters. The summed E-state index contributed by atoms with van der Waals surface area (Å²) in [6.07, 6.45) is 3.62. The Morgan fingerprint density at radius 1 is 1.22 bits per heavy atom. The molecule has 1 aromatic carbocycles. The zero-order valence-electron chi connectivity index (χ0n) is 19.0. The first-order valence-electron chi connectivity index (χ1n) is 10.4. The predicted octanol–water partition coefficient (Wildman–Crippen LogP) is 3.85. The highest BCUT2D eigenvalue weighted by molar-refractivity contribution is 5.79. The zero-order valence-corrected chi connectivity index (χ0v) is 19.0. The highest BCUT2D eigenvalue weighted by Gasteiger charge is 2.22. The molecule has 32 heavy (non-hydrogen) atoms. The largest absolute Gasteiger partial charge is 0.444 e. The number of amides is 1. The van der Waals surface area contributed by atoms with Crippen molar-refractivity contribution in [2.24, 2.45) is 4.99 Å². The molecule has 0 bridgehead atoms. The molecule has 0 fully saturated rings. The van der Waals surface area contributed by atoms with E-state index in [1.807, 2.05) is 32.9 Å². The number of pyridine rings is 1. The van der Waals surface area contributed by atoms with Crippen molar-refractivity contribution in [2.75, 3.05) is 20.1 Å². The summed E-state index contributed by atoms with van der Waals surface area (Å²) in [4.78, 5) is 22.4. The lowest BCUT2D eigenvalue weighted by Crippen LogP contribution is -2.40. The van der Waals surface area contributed by atoms with Crippen LogP contribution in [0, 0.1) is 11.6 Å². The molecule has 9 heteroatoms. The Balaban J connectivity index is 1.87. The average Bonchev–Trinajstić information content (AvgIpc) is 2.74. The van der Waals surface area contributed by atoms with Crippen LogP contribution in [0.25, 0.3) is 0 Å². The van der Waals surface area contributed by atoms with Crippen molar-refractivity contribution in [1.29, 1.82) is 0 Å². The van der Waals surface area contributed by atoms with Gasteiger partial charge in [0.1, 0.15) is 17.2 Å². The number of halogens is 2. The molecule has 0 atom stereocenters. The summed E-state index contributed by atoms with van der Waals surface area (Å²) < 4.78 is 32.6. The normalized spacial score (nSPS) is 11.8. The van der Waals surface area contributed by atoms with Crippen molar-refractivity contribution in [1.82, 2.24) is 20.5 Å². The van der Waals surface area contributed by atoms with Gasteiger partial charge in [-0.3, -0.25) is 9.98 Å². The molecule has 0 saturated heterocycles. The Morgan fingerprint density at radius 3 is 2.66 bits per heavy atom. The average molecular weight is 448 g/mol. The van der Waals surface area contributed by atoms with E-state index in [1.54, 1.807) is 24.3 Å². The van der Waals surface area contributed by atoms with Crippen molar-refractivity contribution in [3.8, 4) is 0 Å². The molecular weight excluding hydrogens is 416 g/mol. The van der Waals surface area contributed by atoms with Crippen LogP contribution in [0.1, 0.15) is 38.3 Å². The number of ether oxygens (including phenoxy) is 1. The third-order valence-electron chi connectivity index (χ3n) is 4.32. The van der Waals surface area contributed by atoms with Crippen LogP contribution in [0.2, 0.25) is 0 Å². The van der Waals surface area contributed by atoms with E-state index in [-0.39, 0.29) is 12.1 Å². The molecule has 0 radical (unpaired) electrons. The maximum Gasteiger partial charge on any atom is 0.410 e. The SMILES string of the molecule is CN=C(NCCCN(Cc1cccnc1)C(=O)OC(C)(C)C)NCc1cc(F)ccc1F. The molecule has 0 spiro atoms. The van der Waals surface area contributed by atoms with Gasteiger partial charge in [-0.05, 0) is 57.0 Å². The van der Waals surface area contributed by atoms with Crippen LogP contribution in [0.15, 0.2) is 47.7 Å². The van der Waals surface area contributed by atoms with Crippen LogP contribution in [0.4, 0.5) is 13.6 Å². The van der Waals surface area contributed by atoms with E-state index < -0.39 is 23.3 Å². The molecule has 2 N–H and O–H groups in total. The van der Waals surface area contributed by atoms with Gasteiger partial charge in [-0.25, -0.2) is 13.6 Å². The number of benzene rings is 1. The molecule has 0 aliphatic carbocycles. The van der Waals surface area contributed by atoms with Gasteiger partial charge in [0.2, 0.25) is 0 Å². The minimum absolute atomic E-state index is 0.0916. The van der Waals surface area contributed by atoms with E-state index in [0.29, 0.717) is 32.0 Å². The molecule has 1 heterocycles. The number of nitrogens with one attached hydrogen (secondary N) is 2. The summed E-state index contributed by atoms with van der Waals surface area (Å²) in [5.41, 5.74) is 0.516. The van der Waals surface area contributed by atoms with Gasteiger partial charge < -0.3 is 20.3 Å². The van der Waals surface area contributed by atoms with E-state index in [9.17, 15) is 13.6 Å². The van der Waals surface area contributed by atoms with Gasteiger partial charge in [-0.2, -0.15) is 0 Å². The molecule has 174 valence electrons. The summed E-state index contributed by atoms with van der Waals surface area (Å²) in [7, 11) is 1.59. The summed E-state index contributed by atoms with van der Waals surface area (Å²) in [5.74, 6) is -0.538. The van der Waals surface area contributed by atoms with Crippen LogP contribution < -0.4 is 10.6 Å². The van der Waals surface area contributed by atoms with Crippen LogP contribution in [-0.4, -0.2) is 47.7 Å². The van der Waals surface area contributed by atoms with Gasteiger partial charge in [0, 0.05) is 44.6 Å². The Kier molecular flexibility index (Phi) is 9.37. The maximum atomic E-state index is 13.8. The van der Waals surface area contributed by atoms with E-state index in [0.717, 1.165) is 23.8 Å². The quantitative estimate of drug-likeness (QED) is 0.365. The molecule has 0 aliphatic heterocycles. The van der Waals surface area contributed by atoms with Crippen LogP contribution in [0.5, 0.6) is 0 Å². The summed E-state index contributed by atoms with van der Waals surface area (Å²) >= 11 is 0. The van der Waals surface area contributed by atoms with E-state index in [4.69, 9.17) is 4.74 Å². The van der Waals surface area contributed by atoms with E-state index in [2.05, 4.69) is 20.6 Å². The van der Waals surface area contributed by atoms with Crippen molar-refractivity contribution in [2.45, 2.75) is 45.9 Å². The monoisotopic (exact) mass is 447 g/mol. The predicted molar refractivity (Wildman–Crippen MR) is 120 cm³/mol. The Hall–Kier alpha value is -3.23. The minimum atomic E-state index is -0.597. The van der Waals surface area contributed by atoms with Crippen LogP contribution in [0.3, 0.4) is 0 Å². The summed E-state index contributed by atoms with van der Waals surface area (Å²) in [6, 6.07) is 7.04. The van der Waals surface area contributed by atoms with E-state index >= 15 is 0 Å². The minimum Gasteiger partial charge on any atom is -0.444 e. The molecule has 2 rings (SSSR count). The van der Waals surface area contributed by atoms with Gasteiger partial charge in [-0.1, -0.05) is 6.07 Å². The number of hydrogen-bond acceptors (Lipinski definition) is 4. The summed E-state index contributed by atoms with van der Waals surface area (Å²) in [6.45, 7) is 6.91. The first kappa shape index (κ1) is 25.0. The van der Waals surface area contributed by atoms with Gasteiger partial charge in [0.15, 0.2) is 5.96 Å². The zero-order chi connectivity index (χ0) is 23.6. The van der Waals surface area contributed by atoms with Crippen molar-refractivity contribution in [3.63, 3.8) is 0 Å². The number of rotatable bonds is 8. The Bertz CT molecular complexity index is 901. The first-order chi connectivity index (χ1) is 15.2. The number of nitrogens with zero attached hydrogens (tertiary/aromatic N) is 3. The lowest BCUT2D eigenvalue weighted by Gasteiger charge is -2.27. The lowest BCUT2D eigenvalue weighted by atomic mass is 10.2. The number of aromatic nitrogens is 1. The van der Waals surface area contributed by atoms with E-state index in [1.165, 1.54) is 0 Å². The fraction of sp³-hybridized carbons (Fsp3) is 0.435. The van der Waals surface area contributed by atoms with Crippen molar-refractivity contribution in [3.05, 3.63) is 65.5 Å². The number of carbonyl (C=O) groups is 1. The lowest BCUT2D eigenvalue weighted by molar-refractivity contribution is 0.0232. The van der Waals surface area contributed by atoms with Crippen LogP contribution >= 0.6 is 0 Å². The van der Waals surface area contributed by atoms with Gasteiger partial charge in [0.25, 0.3) is 0 Å². The Morgan fingerprint density at radius 2 is 2.00 bits per heavy atom. The second kappa shape index (κ2) is 12.0. The molecular formula is C23H31F2N5O2. The molecule has 2 aromatic rings. The van der Waals surface area contributed by atoms with Gasteiger partial charge in [-0.15, -0.1) is 0 Å². The molecule has 0 saturated carbocycles. The first-order valence-corrected chi connectivity index (χ1v) is 10.4. The third-order valence-corrected chi connectivity index (χ3v) is 4.32. The highest BCUT2D eigenvalue weighted by atomic mass is 19.1. The van der Waals surface area contributed by atoms with Crippen molar-refractivity contribution < 1.29 is 18.3 Å².